The van der Waals surface area contributed by atoms with Crippen LogP contribution in [0, 0.1) is 0 Å². The predicted molar refractivity (Wildman–Crippen MR) is 106 cm³/mol. The van der Waals surface area contributed by atoms with Crippen molar-refractivity contribution in [2.24, 2.45) is 0 Å². The Kier molecular flexibility index (Phi) is 5.48. The minimum Gasteiger partial charge on any atom is -0.487 e. The maximum Gasteiger partial charge on any atom is 0.317 e. The molecule has 0 unspecified atom stereocenters. The molecule has 2 amide bonds. The molecule has 6 nitrogen and oxygen atoms in total. The van der Waals surface area contributed by atoms with Crippen LogP contribution >= 0.6 is 0 Å². The summed E-state index contributed by atoms with van der Waals surface area (Å²) in [5, 5.41) is 2.89. The lowest BCUT2D eigenvalue weighted by molar-refractivity contribution is -0.0926. The third-order valence-corrected chi connectivity index (χ3v) is 5.62. The summed E-state index contributed by atoms with van der Waals surface area (Å²) in [4.78, 5) is 18.3. The number of carbonyl (C=O) groups is 1. The number of rotatable bonds is 4. The second kappa shape index (κ2) is 8.19. The van der Waals surface area contributed by atoms with Crippen molar-refractivity contribution in [1.29, 1.82) is 0 Å². The number of ether oxygens (including phenoxy) is 2. The molecule has 1 fully saturated rings. The fourth-order valence-corrected chi connectivity index (χ4v) is 4.13. The van der Waals surface area contributed by atoms with Gasteiger partial charge in [0, 0.05) is 25.8 Å². The number of nitrogens with one attached hydrogen (secondary N) is 1. The summed E-state index contributed by atoms with van der Waals surface area (Å²) in [5.74, 6) is 0.862. The summed E-state index contributed by atoms with van der Waals surface area (Å²) >= 11 is 0. The highest BCUT2D eigenvalue weighted by atomic mass is 16.5. The van der Waals surface area contributed by atoms with Crippen molar-refractivity contribution in [3.05, 3.63) is 59.4 Å². The van der Waals surface area contributed by atoms with E-state index in [9.17, 15) is 4.79 Å². The summed E-state index contributed by atoms with van der Waals surface area (Å²) < 4.78 is 12.2. The van der Waals surface area contributed by atoms with E-state index in [0.717, 1.165) is 30.7 Å². The standard InChI is InChI=1S/C22H27N3O3/c1-2-23-21(26)25-12-9-22(10-13-25)20-7-6-19(15-17(20)8-14-28-22)27-16-18-5-3-4-11-24-18/h3-7,11,15H,2,8-10,12-14,16H2,1H3,(H,23,26). The molecule has 2 aliphatic rings. The van der Waals surface area contributed by atoms with Crippen LogP contribution in [0.15, 0.2) is 42.6 Å². The Morgan fingerprint density at radius 1 is 1.29 bits per heavy atom. The number of likely N-dealkylation sites (tertiary alicyclic amines) is 1. The minimum absolute atomic E-state index is 0.0200. The second-order valence-electron chi connectivity index (χ2n) is 7.34. The van der Waals surface area contributed by atoms with Gasteiger partial charge in [0.25, 0.3) is 0 Å². The van der Waals surface area contributed by atoms with Crippen molar-refractivity contribution >= 4 is 6.03 Å². The van der Waals surface area contributed by atoms with Crippen molar-refractivity contribution in [3.8, 4) is 5.75 Å². The molecule has 6 heteroatoms. The number of piperidine rings is 1. The van der Waals surface area contributed by atoms with Gasteiger partial charge in [0.15, 0.2) is 0 Å². The zero-order valence-corrected chi connectivity index (χ0v) is 16.3. The van der Waals surface area contributed by atoms with Crippen molar-refractivity contribution < 1.29 is 14.3 Å². The Balaban J connectivity index is 1.46. The van der Waals surface area contributed by atoms with Gasteiger partial charge < -0.3 is 19.7 Å². The number of pyridine rings is 1. The molecular formula is C22H27N3O3. The van der Waals surface area contributed by atoms with Crippen LogP contribution in [0.3, 0.4) is 0 Å². The highest BCUT2D eigenvalue weighted by Crippen LogP contribution is 2.42. The molecule has 0 saturated carbocycles. The quantitative estimate of drug-likeness (QED) is 0.883. The number of hydrogen-bond donors (Lipinski definition) is 1. The van der Waals surface area contributed by atoms with E-state index in [1.165, 1.54) is 11.1 Å². The second-order valence-corrected chi connectivity index (χ2v) is 7.34. The van der Waals surface area contributed by atoms with Gasteiger partial charge in [0.1, 0.15) is 12.4 Å². The lowest BCUT2D eigenvalue weighted by Gasteiger charge is -2.45. The summed E-state index contributed by atoms with van der Waals surface area (Å²) in [5.41, 5.74) is 3.17. The Labute approximate surface area is 165 Å². The van der Waals surface area contributed by atoms with Gasteiger partial charge in [-0.05, 0) is 61.6 Å². The van der Waals surface area contributed by atoms with Crippen molar-refractivity contribution in [3.63, 3.8) is 0 Å². The molecule has 148 valence electrons. The zero-order chi connectivity index (χ0) is 19.4. The van der Waals surface area contributed by atoms with Gasteiger partial charge in [-0.1, -0.05) is 12.1 Å². The Hall–Kier alpha value is -2.60. The third kappa shape index (κ3) is 3.83. The smallest absolute Gasteiger partial charge is 0.317 e. The SMILES string of the molecule is CCNC(=O)N1CCC2(CC1)OCCc1cc(OCc3ccccn3)ccc12. The average Bonchev–Trinajstić information content (AvgIpc) is 2.74. The van der Waals surface area contributed by atoms with Gasteiger partial charge in [-0.2, -0.15) is 0 Å². The molecule has 2 aliphatic heterocycles. The molecule has 0 bridgehead atoms. The fraction of sp³-hybridized carbons (Fsp3) is 0.455. The van der Waals surface area contributed by atoms with E-state index in [1.54, 1.807) is 6.20 Å². The summed E-state index contributed by atoms with van der Waals surface area (Å²) in [6.07, 6.45) is 4.31. The van der Waals surface area contributed by atoms with Crippen LogP contribution in [0.25, 0.3) is 0 Å². The van der Waals surface area contributed by atoms with Gasteiger partial charge in [0.05, 0.1) is 17.9 Å². The number of benzene rings is 1. The highest BCUT2D eigenvalue weighted by Gasteiger charge is 2.41. The van der Waals surface area contributed by atoms with Crippen LogP contribution in [0.5, 0.6) is 5.75 Å². The predicted octanol–water partition coefficient (Wildman–Crippen LogP) is 3.25. The molecule has 3 heterocycles. The zero-order valence-electron chi connectivity index (χ0n) is 16.3. The van der Waals surface area contributed by atoms with Gasteiger partial charge in [-0.25, -0.2) is 4.79 Å². The van der Waals surface area contributed by atoms with Gasteiger partial charge in [-0.15, -0.1) is 0 Å². The molecular weight excluding hydrogens is 354 g/mol. The van der Waals surface area contributed by atoms with Crippen LogP contribution in [0.2, 0.25) is 0 Å². The molecule has 0 radical (unpaired) electrons. The van der Waals surface area contributed by atoms with Gasteiger partial charge in [0.2, 0.25) is 0 Å². The van der Waals surface area contributed by atoms with Crippen molar-refractivity contribution in [2.75, 3.05) is 26.2 Å². The minimum atomic E-state index is -0.282. The van der Waals surface area contributed by atoms with E-state index in [4.69, 9.17) is 9.47 Å². The largest absolute Gasteiger partial charge is 0.487 e. The van der Waals surface area contributed by atoms with E-state index in [0.29, 0.717) is 32.8 Å². The van der Waals surface area contributed by atoms with E-state index < -0.39 is 0 Å². The van der Waals surface area contributed by atoms with Crippen molar-refractivity contribution in [2.45, 2.75) is 38.4 Å². The van der Waals surface area contributed by atoms with Crippen molar-refractivity contribution in [1.82, 2.24) is 15.2 Å². The van der Waals surface area contributed by atoms with Crippen LogP contribution in [-0.2, 0) is 23.4 Å². The molecule has 1 aromatic carbocycles. The molecule has 1 spiro atoms. The number of nitrogens with zero attached hydrogens (tertiary/aromatic N) is 2. The summed E-state index contributed by atoms with van der Waals surface area (Å²) in [7, 11) is 0. The maximum atomic E-state index is 12.1. The molecule has 4 rings (SSSR count). The molecule has 1 aromatic heterocycles. The van der Waals surface area contributed by atoms with E-state index >= 15 is 0 Å². The molecule has 0 aliphatic carbocycles. The van der Waals surface area contributed by atoms with Gasteiger partial charge >= 0.3 is 6.03 Å². The molecule has 28 heavy (non-hydrogen) atoms. The first-order valence-corrected chi connectivity index (χ1v) is 10.0. The monoisotopic (exact) mass is 381 g/mol. The average molecular weight is 381 g/mol. The number of fused-ring (bicyclic) bond motifs is 2. The first kappa shape index (κ1) is 18.7. The van der Waals surface area contributed by atoms with Crippen LogP contribution < -0.4 is 10.1 Å². The normalized spacial score (nSPS) is 17.8. The third-order valence-electron chi connectivity index (χ3n) is 5.62. The summed E-state index contributed by atoms with van der Waals surface area (Å²) in [6, 6.07) is 12.2. The molecule has 1 saturated heterocycles. The molecule has 2 aromatic rings. The van der Waals surface area contributed by atoms with Crippen LogP contribution in [0.4, 0.5) is 4.79 Å². The van der Waals surface area contributed by atoms with Gasteiger partial charge in [-0.3, -0.25) is 4.98 Å². The molecule has 0 atom stereocenters. The molecule has 1 N–H and O–H groups in total. The Bertz CT molecular complexity index is 817. The number of carbonyl (C=O) groups excluding carboxylic acids is 1. The Morgan fingerprint density at radius 3 is 2.89 bits per heavy atom. The van der Waals surface area contributed by atoms with Crippen LogP contribution in [0.1, 0.15) is 36.6 Å². The number of amides is 2. The number of urea groups is 1. The summed E-state index contributed by atoms with van der Waals surface area (Å²) in [6.45, 7) is 5.19. The maximum absolute atomic E-state index is 12.1. The van der Waals surface area contributed by atoms with Crippen LogP contribution in [-0.4, -0.2) is 42.2 Å². The number of hydrogen-bond acceptors (Lipinski definition) is 4. The first-order valence-electron chi connectivity index (χ1n) is 10.0. The highest BCUT2D eigenvalue weighted by molar-refractivity contribution is 5.74. The van der Waals surface area contributed by atoms with E-state index in [1.807, 2.05) is 36.1 Å². The topological polar surface area (TPSA) is 63.7 Å². The lowest BCUT2D eigenvalue weighted by atomic mass is 9.79. The van der Waals surface area contributed by atoms with E-state index in [-0.39, 0.29) is 11.6 Å². The Morgan fingerprint density at radius 2 is 2.14 bits per heavy atom. The van der Waals surface area contributed by atoms with E-state index in [2.05, 4.69) is 22.4 Å². The first-order chi connectivity index (χ1) is 13.7. The lowest BCUT2D eigenvalue weighted by Crippen LogP contribution is -2.50. The fourth-order valence-electron chi connectivity index (χ4n) is 4.13. The number of aromatic nitrogens is 1.